The number of hydrogen-bond donors (Lipinski definition) is 3. The number of rotatable bonds is 4. The standard InChI is InChI=1S/C4H6O4S2/c5-3(6)1-2(10-9)4(7)8/h2,9H,1H2,(H,5,6)(H,7,8). The smallest absolute Gasteiger partial charge is 0.318 e. The van der Waals surface area contributed by atoms with Gasteiger partial charge < -0.3 is 10.2 Å². The molecule has 10 heavy (non-hydrogen) atoms. The molecule has 1 unspecified atom stereocenters. The Labute approximate surface area is 66.4 Å². The maximum absolute atomic E-state index is 10.1. The number of carboxylic acids is 2. The van der Waals surface area contributed by atoms with E-state index in [-0.39, 0.29) is 0 Å². The van der Waals surface area contributed by atoms with Gasteiger partial charge in [0.1, 0.15) is 5.25 Å². The summed E-state index contributed by atoms with van der Waals surface area (Å²) in [7, 11) is 0.720. The molecule has 6 heteroatoms. The maximum Gasteiger partial charge on any atom is 0.318 e. The van der Waals surface area contributed by atoms with Crippen molar-refractivity contribution in [1.82, 2.24) is 0 Å². The molecule has 0 rings (SSSR count). The molecule has 0 aromatic rings. The highest BCUT2D eigenvalue weighted by atomic mass is 33.1. The summed E-state index contributed by atoms with van der Waals surface area (Å²) in [6.07, 6.45) is -0.399. The molecule has 2 N–H and O–H groups in total. The predicted molar refractivity (Wildman–Crippen MR) is 40.3 cm³/mol. The molecule has 0 saturated heterocycles. The van der Waals surface area contributed by atoms with Crippen molar-refractivity contribution in [2.24, 2.45) is 0 Å². The van der Waals surface area contributed by atoms with Gasteiger partial charge in [-0.05, 0) is 0 Å². The van der Waals surface area contributed by atoms with Crippen LogP contribution in [-0.4, -0.2) is 27.4 Å². The van der Waals surface area contributed by atoms with Crippen molar-refractivity contribution in [3.8, 4) is 0 Å². The van der Waals surface area contributed by atoms with Crippen molar-refractivity contribution in [1.29, 1.82) is 0 Å². The van der Waals surface area contributed by atoms with Crippen LogP contribution in [0.3, 0.4) is 0 Å². The van der Waals surface area contributed by atoms with Gasteiger partial charge in [0.15, 0.2) is 0 Å². The molecule has 0 radical (unpaired) electrons. The van der Waals surface area contributed by atoms with Gasteiger partial charge in [-0.3, -0.25) is 9.59 Å². The summed E-state index contributed by atoms with van der Waals surface area (Å²) in [5, 5.41) is 15.5. The number of carboxylic acid groups (broad SMARTS) is 2. The van der Waals surface area contributed by atoms with E-state index in [9.17, 15) is 9.59 Å². The van der Waals surface area contributed by atoms with Crippen LogP contribution in [0, 0.1) is 0 Å². The van der Waals surface area contributed by atoms with E-state index in [0.29, 0.717) is 0 Å². The van der Waals surface area contributed by atoms with Crippen LogP contribution in [0.2, 0.25) is 0 Å². The third-order valence-electron chi connectivity index (χ3n) is 0.763. The van der Waals surface area contributed by atoms with E-state index in [1.165, 1.54) is 0 Å². The lowest BCUT2D eigenvalue weighted by Gasteiger charge is -2.02. The van der Waals surface area contributed by atoms with E-state index in [1.807, 2.05) is 0 Å². The lowest BCUT2D eigenvalue weighted by atomic mass is 10.3. The molecule has 0 spiro atoms. The number of hydrogen-bond acceptors (Lipinski definition) is 4. The highest BCUT2D eigenvalue weighted by Gasteiger charge is 2.19. The zero-order chi connectivity index (χ0) is 8.15. The van der Waals surface area contributed by atoms with Crippen LogP contribution in [0.1, 0.15) is 6.42 Å². The minimum absolute atomic E-state index is 0.399. The first-order valence-corrected chi connectivity index (χ1v) is 4.26. The van der Waals surface area contributed by atoms with Crippen LogP contribution in [0.25, 0.3) is 0 Å². The number of thiol groups is 1. The van der Waals surface area contributed by atoms with E-state index in [2.05, 4.69) is 11.7 Å². The third-order valence-corrected chi connectivity index (χ3v) is 2.15. The largest absolute Gasteiger partial charge is 0.481 e. The summed E-state index contributed by atoms with van der Waals surface area (Å²) < 4.78 is 0. The van der Waals surface area contributed by atoms with Crippen molar-refractivity contribution in [2.75, 3.05) is 0 Å². The topological polar surface area (TPSA) is 74.6 Å². The van der Waals surface area contributed by atoms with Gasteiger partial charge in [-0.1, -0.05) is 10.8 Å². The molecular formula is C4H6O4S2. The minimum atomic E-state index is -1.15. The summed E-state index contributed by atoms with van der Waals surface area (Å²) in [6, 6.07) is 0. The van der Waals surface area contributed by atoms with Crippen molar-refractivity contribution >= 4 is 34.4 Å². The summed E-state index contributed by atoms with van der Waals surface area (Å²) >= 11 is 3.60. The molecule has 0 heterocycles. The Kier molecular flexibility index (Phi) is 4.29. The van der Waals surface area contributed by atoms with Crippen LogP contribution in [0.4, 0.5) is 0 Å². The van der Waals surface area contributed by atoms with Crippen LogP contribution < -0.4 is 0 Å². The predicted octanol–water partition coefficient (Wildman–Crippen LogP) is 0.492. The lowest BCUT2D eigenvalue weighted by Crippen LogP contribution is -2.18. The normalized spacial score (nSPS) is 12.5. The van der Waals surface area contributed by atoms with Gasteiger partial charge in [-0.2, -0.15) is 0 Å². The van der Waals surface area contributed by atoms with Gasteiger partial charge in [-0.25, -0.2) is 0 Å². The van der Waals surface area contributed by atoms with Crippen molar-refractivity contribution in [3.63, 3.8) is 0 Å². The maximum atomic E-state index is 10.1. The zero-order valence-electron chi connectivity index (χ0n) is 4.85. The van der Waals surface area contributed by atoms with E-state index >= 15 is 0 Å². The van der Waals surface area contributed by atoms with Crippen molar-refractivity contribution in [3.05, 3.63) is 0 Å². The van der Waals surface area contributed by atoms with Crippen molar-refractivity contribution in [2.45, 2.75) is 11.7 Å². The first kappa shape index (κ1) is 9.64. The molecule has 0 aliphatic carbocycles. The van der Waals surface area contributed by atoms with E-state index < -0.39 is 23.6 Å². The Morgan fingerprint density at radius 2 is 2.00 bits per heavy atom. The fraction of sp³-hybridized carbons (Fsp3) is 0.500. The number of carbonyl (C=O) groups is 2. The highest BCUT2D eigenvalue weighted by Crippen LogP contribution is 2.18. The zero-order valence-corrected chi connectivity index (χ0v) is 6.56. The molecular weight excluding hydrogens is 176 g/mol. The number of aliphatic carboxylic acids is 2. The van der Waals surface area contributed by atoms with Gasteiger partial charge in [0.2, 0.25) is 0 Å². The second-order valence-electron chi connectivity index (χ2n) is 1.53. The first-order valence-electron chi connectivity index (χ1n) is 2.32. The molecule has 0 aromatic heterocycles. The average Bonchev–Trinajstić information content (AvgIpc) is 1.81. The molecule has 0 saturated carbocycles. The second-order valence-corrected chi connectivity index (χ2v) is 2.94. The summed E-state index contributed by atoms with van der Waals surface area (Å²) in [5.74, 6) is -2.28. The highest BCUT2D eigenvalue weighted by molar-refractivity contribution is 8.69. The monoisotopic (exact) mass is 182 g/mol. The van der Waals surface area contributed by atoms with E-state index in [1.54, 1.807) is 0 Å². The Morgan fingerprint density at radius 1 is 1.50 bits per heavy atom. The van der Waals surface area contributed by atoms with Crippen LogP contribution in [0.15, 0.2) is 0 Å². The summed E-state index contributed by atoms with van der Waals surface area (Å²) in [6.45, 7) is 0. The van der Waals surface area contributed by atoms with E-state index in [0.717, 1.165) is 10.8 Å². The quantitative estimate of drug-likeness (QED) is 0.436. The Balaban J connectivity index is 3.83. The van der Waals surface area contributed by atoms with Crippen LogP contribution >= 0.6 is 22.5 Å². The van der Waals surface area contributed by atoms with Gasteiger partial charge in [-0.15, -0.1) is 11.7 Å². The Hall–Kier alpha value is -0.360. The summed E-state index contributed by atoms with van der Waals surface area (Å²) in [5.41, 5.74) is 0. The lowest BCUT2D eigenvalue weighted by molar-refractivity contribution is -0.142. The van der Waals surface area contributed by atoms with Gasteiger partial charge in [0.25, 0.3) is 0 Å². The molecule has 0 aliphatic rings. The molecule has 0 amide bonds. The Morgan fingerprint density at radius 3 is 2.10 bits per heavy atom. The molecule has 0 fully saturated rings. The minimum Gasteiger partial charge on any atom is -0.481 e. The fourth-order valence-corrected chi connectivity index (χ4v) is 1.13. The van der Waals surface area contributed by atoms with Gasteiger partial charge in [0, 0.05) is 0 Å². The molecule has 58 valence electrons. The summed E-state index contributed by atoms with van der Waals surface area (Å²) in [4.78, 5) is 20.1. The SMILES string of the molecule is O=C(O)CC(SS)C(=O)O. The third kappa shape index (κ3) is 3.62. The molecule has 1 atom stereocenters. The Bertz CT molecular complexity index is 146. The van der Waals surface area contributed by atoms with Crippen LogP contribution in [0.5, 0.6) is 0 Å². The van der Waals surface area contributed by atoms with Gasteiger partial charge >= 0.3 is 11.9 Å². The van der Waals surface area contributed by atoms with Crippen molar-refractivity contribution < 1.29 is 19.8 Å². The second kappa shape index (κ2) is 4.45. The molecule has 0 aliphatic heterocycles. The molecule has 0 aromatic carbocycles. The fourth-order valence-electron chi connectivity index (χ4n) is 0.328. The van der Waals surface area contributed by atoms with E-state index in [4.69, 9.17) is 10.2 Å². The first-order chi connectivity index (χ1) is 4.57. The molecule has 4 nitrogen and oxygen atoms in total. The average molecular weight is 182 g/mol. The molecule has 0 bridgehead atoms. The van der Waals surface area contributed by atoms with Crippen LogP contribution in [-0.2, 0) is 9.59 Å². The van der Waals surface area contributed by atoms with Gasteiger partial charge in [0.05, 0.1) is 6.42 Å².